The zero-order valence-electron chi connectivity index (χ0n) is 11.9. The zero-order valence-corrected chi connectivity index (χ0v) is 15.0. The second-order valence-electron chi connectivity index (χ2n) is 4.86. The molecule has 2 aromatic rings. The van der Waals surface area contributed by atoms with E-state index in [0.29, 0.717) is 31.2 Å². The van der Waals surface area contributed by atoms with Gasteiger partial charge in [0.2, 0.25) is 0 Å². The van der Waals surface area contributed by atoms with Crippen LogP contribution in [0.3, 0.4) is 0 Å². The summed E-state index contributed by atoms with van der Waals surface area (Å²) < 4.78 is 0. The molecular weight excluding hydrogens is 391 g/mol. The van der Waals surface area contributed by atoms with Crippen LogP contribution in [0, 0.1) is 5.41 Å². The first-order valence-electron chi connectivity index (χ1n) is 6.63. The van der Waals surface area contributed by atoms with Crippen LogP contribution in [0.4, 0.5) is 5.69 Å². The van der Waals surface area contributed by atoms with E-state index in [-0.39, 0.29) is 16.8 Å². The standard InChI is InChI=1S/C16H9Cl3N2O2S/c17-9-1-4-13(22)8(5-9)6-14-15(23)21(16(20)24-14)10-2-3-11(18)12(19)7-10/h1-7,20,22H/b14-6-,20-16?. The second-order valence-corrected chi connectivity index (χ2v) is 7.14. The number of rotatable bonds is 2. The number of nitrogens with zero attached hydrogens (tertiary/aromatic N) is 1. The Bertz CT molecular complexity index is 899. The van der Waals surface area contributed by atoms with Crippen LogP contribution in [0.5, 0.6) is 5.75 Å². The van der Waals surface area contributed by atoms with Crippen molar-refractivity contribution in [1.82, 2.24) is 0 Å². The van der Waals surface area contributed by atoms with Crippen molar-refractivity contribution in [2.75, 3.05) is 4.90 Å². The fraction of sp³-hybridized carbons (Fsp3) is 0. The number of aromatic hydroxyl groups is 1. The molecule has 1 amide bonds. The van der Waals surface area contributed by atoms with Gasteiger partial charge in [-0.15, -0.1) is 0 Å². The molecule has 1 saturated heterocycles. The Labute approximate surface area is 157 Å². The number of phenols is 1. The number of thioether (sulfide) groups is 1. The maximum atomic E-state index is 12.6. The van der Waals surface area contributed by atoms with Gasteiger partial charge in [-0.2, -0.15) is 0 Å². The number of phenolic OH excluding ortho intramolecular Hbond substituents is 1. The molecule has 1 aliphatic rings. The monoisotopic (exact) mass is 398 g/mol. The van der Waals surface area contributed by atoms with Crippen molar-refractivity contribution in [3.05, 3.63) is 61.9 Å². The molecule has 24 heavy (non-hydrogen) atoms. The van der Waals surface area contributed by atoms with Crippen molar-refractivity contribution in [3.63, 3.8) is 0 Å². The van der Waals surface area contributed by atoms with Gasteiger partial charge in [-0.25, -0.2) is 0 Å². The Morgan fingerprint density at radius 3 is 2.54 bits per heavy atom. The van der Waals surface area contributed by atoms with Gasteiger partial charge in [-0.3, -0.25) is 15.1 Å². The highest BCUT2D eigenvalue weighted by Gasteiger charge is 2.34. The minimum atomic E-state index is -0.386. The molecule has 3 rings (SSSR count). The van der Waals surface area contributed by atoms with Gasteiger partial charge in [-0.05, 0) is 54.2 Å². The molecule has 1 fully saturated rings. The molecule has 1 aliphatic heterocycles. The predicted octanol–water partition coefficient (Wildman–Crippen LogP) is 5.41. The van der Waals surface area contributed by atoms with Gasteiger partial charge in [0.1, 0.15) is 5.75 Å². The number of anilines is 1. The van der Waals surface area contributed by atoms with Crippen LogP contribution >= 0.6 is 46.6 Å². The van der Waals surface area contributed by atoms with Gasteiger partial charge in [0.15, 0.2) is 5.17 Å². The number of halogens is 3. The quantitative estimate of drug-likeness (QED) is 0.664. The number of carbonyl (C=O) groups excluding carboxylic acids is 1. The summed E-state index contributed by atoms with van der Waals surface area (Å²) in [5, 5.41) is 19.1. The van der Waals surface area contributed by atoms with Crippen LogP contribution in [-0.4, -0.2) is 16.2 Å². The number of nitrogens with one attached hydrogen (secondary N) is 1. The second kappa shape index (κ2) is 6.69. The summed E-state index contributed by atoms with van der Waals surface area (Å²) in [6, 6.07) is 9.24. The normalized spacial score (nSPS) is 16.3. The summed E-state index contributed by atoms with van der Waals surface area (Å²) in [6.45, 7) is 0. The number of hydrogen-bond acceptors (Lipinski definition) is 4. The average Bonchev–Trinajstić information content (AvgIpc) is 2.80. The van der Waals surface area contributed by atoms with Crippen molar-refractivity contribution < 1.29 is 9.90 Å². The molecule has 0 saturated carbocycles. The van der Waals surface area contributed by atoms with Crippen LogP contribution in [0.2, 0.25) is 15.1 Å². The summed E-state index contributed by atoms with van der Waals surface area (Å²) in [5.41, 5.74) is 0.854. The van der Waals surface area contributed by atoms with Gasteiger partial charge < -0.3 is 5.11 Å². The van der Waals surface area contributed by atoms with Crippen LogP contribution < -0.4 is 4.90 Å². The van der Waals surface area contributed by atoms with E-state index in [4.69, 9.17) is 40.2 Å². The molecule has 0 radical (unpaired) electrons. The van der Waals surface area contributed by atoms with Gasteiger partial charge in [0.05, 0.1) is 20.6 Å². The SMILES string of the molecule is N=C1S/C(=C\c2cc(Cl)ccc2O)C(=O)N1c1ccc(Cl)c(Cl)c1. The topological polar surface area (TPSA) is 64.4 Å². The molecule has 0 bridgehead atoms. The summed E-state index contributed by atoms with van der Waals surface area (Å²) >= 11 is 18.8. The number of benzene rings is 2. The Hall–Kier alpha value is -1.66. The average molecular weight is 400 g/mol. The molecule has 122 valence electrons. The van der Waals surface area contributed by atoms with Crippen LogP contribution in [0.1, 0.15) is 5.56 Å². The molecule has 0 aliphatic carbocycles. The Balaban J connectivity index is 1.98. The van der Waals surface area contributed by atoms with E-state index in [9.17, 15) is 9.90 Å². The minimum Gasteiger partial charge on any atom is -0.507 e. The number of hydrogen-bond donors (Lipinski definition) is 2. The first-order valence-corrected chi connectivity index (χ1v) is 8.58. The third-order valence-corrected chi connectivity index (χ3v) is 5.12. The lowest BCUT2D eigenvalue weighted by atomic mass is 10.2. The fourth-order valence-corrected chi connectivity index (χ4v) is 3.45. The van der Waals surface area contributed by atoms with Gasteiger partial charge in [0.25, 0.3) is 5.91 Å². The van der Waals surface area contributed by atoms with E-state index in [1.165, 1.54) is 23.1 Å². The van der Waals surface area contributed by atoms with E-state index in [0.717, 1.165) is 11.8 Å². The lowest BCUT2D eigenvalue weighted by molar-refractivity contribution is -0.113. The first-order chi connectivity index (χ1) is 11.4. The first kappa shape index (κ1) is 17.2. The molecule has 0 unspecified atom stereocenters. The molecule has 8 heteroatoms. The minimum absolute atomic E-state index is 0.000169. The van der Waals surface area contributed by atoms with Crippen molar-refractivity contribution in [3.8, 4) is 5.75 Å². The third kappa shape index (κ3) is 3.26. The highest BCUT2D eigenvalue weighted by molar-refractivity contribution is 8.19. The predicted molar refractivity (Wildman–Crippen MR) is 100 cm³/mol. The van der Waals surface area contributed by atoms with Crippen LogP contribution in [0.15, 0.2) is 41.3 Å². The van der Waals surface area contributed by atoms with Gasteiger partial charge in [-0.1, -0.05) is 34.8 Å². The van der Waals surface area contributed by atoms with Crippen LogP contribution in [-0.2, 0) is 4.79 Å². The fourth-order valence-electron chi connectivity index (χ4n) is 2.13. The van der Waals surface area contributed by atoms with Crippen molar-refractivity contribution >= 4 is 69.4 Å². The van der Waals surface area contributed by atoms with Gasteiger partial charge >= 0.3 is 0 Å². The molecule has 0 aromatic heterocycles. The summed E-state index contributed by atoms with van der Waals surface area (Å²) in [7, 11) is 0. The highest BCUT2D eigenvalue weighted by Crippen LogP contribution is 2.38. The van der Waals surface area contributed by atoms with Gasteiger partial charge in [0, 0.05) is 10.6 Å². The lowest BCUT2D eigenvalue weighted by Crippen LogP contribution is -2.28. The van der Waals surface area contributed by atoms with E-state index in [1.807, 2.05) is 0 Å². The van der Waals surface area contributed by atoms with E-state index < -0.39 is 0 Å². The van der Waals surface area contributed by atoms with E-state index in [1.54, 1.807) is 24.3 Å². The Kier molecular flexibility index (Phi) is 4.78. The molecule has 0 atom stereocenters. The summed E-state index contributed by atoms with van der Waals surface area (Å²) in [4.78, 5) is 14.1. The van der Waals surface area contributed by atoms with E-state index >= 15 is 0 Å². The Morgan fingerprint density at radius 2 is 1.83 bits per heavy atom. The molecule has 1 heterocycles. The maximum Gasteiger partial charge on any atom is 0.271 e. The lowest BCUT2D eigenvalue weighted by Gasteiger charge is -2.14. The smallest absolute Gasteiger partial charge is 0.271 e. The third-order valence-electron chi connectivity index (χ3n) is 3.26. The van der Waals surface area contributed by atoms with Crippen molar-refractivity contribution in [2.24, 2.45) is 0 Å². The number of amidine groups is 1. The summed E-state index contributed by atoms with van der Waals surface area (Å²) in [5.74, 6) is -0.386. The number of amides is 1. The Morgan fingerprint density at radius 1 is 1.08 bits per heavy atom. The molecule has 2 N–H and O–H groups in total. The maximum absolute atomic E-state index is 12.6. The van der Waals surface area contributed by atoms with Crippen LogP contribution in [0.25, 0.3) is 6.08 Å². The molecule has 4 nitrogen and oxygen atoms in total. The number of carbonyl (C=O) groups is 1. The molecule has 2 aromatic carbocycles. The largest absolute Gasteiger partial charge is 0.507 e. The van der Waals surface area contributed by atoms with Crippen molar-refractivity contribution in [2.45, 2.75) is 0 Å². The van der Waals surface area contributed by atoms with Crippen molar-refractivity contribution in [1.29, 1.82) is 5.41 Å². The summed E-state index contributed by atoms with van der Waals surface area (Å²) in [6.07, 6.45) is 1.50. The zero-order chi connectivity index (χ0) is 17.4. The molecule has 0 spiro atoms. The highest BCUT2D eigenvalue weighted by atomic mass is 35.5. The van der Waals surface area contributed by atoms with E-state index in [2.05, 4.69) is 0 Å². The molecular formula is C16H9Cl3N2O2S.